The number of benzene rings is 1. The van der Waals surface area contributed by atoms with Crippen molar-refractivity contribution in [2.45, 2.75) is 89.6 Å². The largest absolute Gasteiger partial charge is 0.417 e. The minimum atomic E-state index is -4.96. The Balaban J connectivity index is 1.43. The van der Waals surface area contributed by atoms with Gasteiger partial charge in [-0.05, 0) is 91.7 Å². The average molecular weight is 529 g/mol. The fourth-order valence-electron chi connectivity index (χ4n) is 8.72. The molecule has 1 aromatic carbocycles. The Hall–Kier alpha value is -1.83. The number of ketones is 1. The molecular formula is C29H34F6O2. The van der Waals surface area contributed by atoms with Crippen LogP contribution in [0.4, 0.5) is 26.3 Å². The van der Waals surface area contributed by atoms with Gasteiger partial charge >= 0.3 is 12.4 Å². The summed E-state index contributed by atoms with van der Waals surface area (Å²) in [4.78, 5) is 12.1. The normalized spacial score (nSPS) is 40.4. The minimum absolute atomic E-state index is 0.108. The molecule has 4 fully saturated rings. The number of Topliss-reactive ketones (excluding diaryl/α,β-unsaturated/α-hetero) is 1. The van der Waals surface area contributed by atoms with E-state index < -0.39 is 34.5 Å². The lowest BCUT2D eigenvalue weighted by Crippen LogP contribution is -2.56. The monoisotopic (exact) mass is 528 g/mol. The highest BCUT2D eigenvalue weighted by molar-refractivity contribution is 5.79. The number of fused-ring (bicyclic) bond motifs is 5. The molecule has 0 saturated heterocycles. The van der Waals surface area contributed by atoms with Gasteiger partial charge in [0, 0.05) is 18.3 Å². The van der Waals surface area contributed by atoms with E-state index in [1.165, 1.54) is 6.08 Å². The van der Waals surface area contributed by atoms with E-state index in [4.69, 9.17) is 0 Å². The van der Waals surface area contributed by atoms with Gasteiger partial charge in [-0.1, -0.05) is 32.1 Å². The predicted octanol–water partition coefficient (Wildman–Crippen LogP) is 8.08. The van der Waals surface area contributed by atoms with Crippen LogP contribution in [0.2, 0.25) is 0 Å². The van der Waals surface area contributed by atoms with E-state index in [1.54, 1.807) is 0 Å². The molecule has 0 amide bonds. The summed E-state index contributed by atoms with van der Waals surface area (Å²) in [7, 11) is 0. The van der Waals surface area contributed by atoms with Crippen molar-refractivity contribution in [2.24, 2.45) is 34.5 Å². The van der Waals surface area contributed by atoms with E-state index >= 15 is 0 Å². The first-order chi connectivity index (χ1) is 17.1. The highest BCUT2D eigenvalue weighted by Crippen LogP contribution is 2.68. The molecule has 4 aliphatic carbocycles. The fraction of sp³-hybridized carbons (Fsp3) is 0.690. The van der Waals surface area contributed by atoms with E-state index in [-0.39, 0.29) is 23.0 Å². The minimum Gasteiger partial charge on any atom is -0.385 e. The van der Waals surface area contributed by atoms with Crippen molar-refractivity contribution >= 4 is 11.9 Å². The molecular weight excluding hydrogens is 494 g/mol. The quantitative estimate of drug-likeness (QED) is 0.394. The number of carbonyl (C=O) groups is 1. The van der Waals surface area contributed by atoms with Gasteiger partial charge in [0.25, 0.3) is 0 Å². The van der Waals surface area contributed by atoms with Crippen LogP contribution in [0.3, 0.4) is 0 Å². The maximum absolute atomic E-state index is 13.7. The Bertz CT molecular complexity index is 1110. The third kappa shape index (κ3) is 4.25. The zero-order valence-corrected chi connectivity index (χ0v) is 21.2. The number of hydrogen-bond donors (Lipinski definition) is 1. The summed E-state index contributed by atoms with van der Waals surface area (Å²) in [5, 5.41) is 11.8. The molecule has 8 heteroatoms. The van der Waals surface area contributed by atoms with Crippen molar-refractivity contribution in [2.75, 3.05) is 0 Å². The van der Waals surface area contributed by atoms with Crippen LogP contribution in [0.15, 0.2) is 24.3 Å². The van der Waals surface area contributed by atoms with Crippen LogP contribution in [-0.2, 0) is 17.1 Å². The number of halogens is 6. The van der Waals surface area contributed by atoms with Crippen LogP contribution >= 0.6 is 0 Å². The van der Waals surface area contributed by atoms with Crippen molar-refractivity contribution in [1.29, 1.82) is 0 Å². The first kappa shape index (κ1) is 26.8. The van der Waals surface area contributed by atoms with Crippen molar-refractivity contribution < 1.29 is 36.2 Å². The molecule has 4 saturated carbocycles. The van der Waals surface area contributed by atoms with Gasteiger partial charge < -0.3 is 5.11 Å². The van der Waals surface area contributed by atoms with Gasteiger partial charge in [-0.2, -0.15) is 26.3 Å². The van der Waals surface area contributed by atoms with Crippen molar-refractivity contribution in [3.63, 3.8) is 0 Å². The zero-order valence-electron chi connectivity index (χ0n) is 21.2. The molecule has 0 aliphatic heterocycles. The number of alkyl halides is 6. The summed E-state index contributed by atoms with van der Waals surface area (Å²) in [6.07, 6.45) is -0.289. The second kappa shape index (κ2) is 8.59. The first-order valence-corrected chi connectivity index (χ1v) is 13.3. The molecule has 1 aromatic rings. The molecule has 204 valence electrons. The van der Waals surface area contributed by atoms with Gasteiger partial charge in [-0.3, -0.25) is 4.79 Å². The summed E-state index contributed by atoms with van der Waals surface area (Å²) < 4.78 is 80.1. The Morgan fingerprint density at radius 3 is 2.30 bits per heavy atom. The topological polar surface area (TPSA) is 37.3 Å². The Morgan fingerprint density at radius 1 is 0.919 bits per heavy atom. The van der Waals surface area contributed by atoms with E-state index in [2.05, 4.69) is 6.92 Å². The predicted molar refractivity (Wildman–Crippen MR) is 127 cm³/mol. The first-order valence-electron chi connectivity index (χ1n) is 13.3. The van der Waals surface area contributed by atoms with Crippen LogP contribution in [0.1, 0.15) is 88.3 Å². The van der Waals surface area contributed by atoms with E-state index in [0.29, 0.717) is 48.9 Å². The van der Waals surface area contributed by atoms with E-state index in [9.17, 15) is 36.2 Å². The summed E-state index contributed by atoms with van der Waals surface area (Å²) >= 11 is 0. The summed E-state index contributed by atoms with van der Waals surface area (Å²) in [5.74, 6) is 1.83. The van der Waals surface area contributed by atoms with Gasteiger partial charge in [0.05, 0.1) is 16.7 Å². The van der Waals surface area contributed by atoms with E-state index in [0.717, 1.165) is 50.7 Å². The highest BCUT2D eigenvalue weighted by Gasteiger charge is 2.64. The number of hydrogen-bond acceptors (Lipinski definition) is 2. The molecule has 0 aromatic heterocycles. The van der Waals surface area contributed by atoms with Gasteiger partial charge in [-0.25, -0.2) is 0 Å². The third-order valence-electron chi connectivity index (χ3n) is 10.9. The van der Waals surface area contributed by atoms with Crippen LogP contribution in [-0.4, -0.2) is 16.5 Å². The smallest absolute Gasteiger partial charge is 0.385 e. The second-order valence-electron chi connectivity index (χ2n) is 12.4. The molecule has 37 heavy (non-hydrogen) atoms. The lowest BCUT2D eigenvalue weighted by molar-refractivity contribution is -0.148. The summed E-state index contributed by atoms with van der Waals surface area (Å²) in [6.45, 7) is 4.36. The molecule has 4 unspecified atom stereocenters. The fourth-order valence-corrected chi connectivity index (χ4v) is 8.72. The molecule has 1 N–H and O–H groups in total. The van der Waals surface area contributed by atoms with Crippen molar-refractivity contribution in [3.05, 3.63) is 41.0 Å². The molecule has 0 radical (unpaired) electrons. The summed E-state index contributed by atoms with van der Waals surface area (Å²) in [5.41, 5.74) is -4.85. The van der Waals surface area contributed by atoms with Crippen LogP contribution in [0.5, 0.6) is 0 Å². The Kier molecular flexibility index (Phi) is 6.21. The lowest BCUT2D eigenvalue weighted by Gasteiger charge is -2.60. The highest BCUT2D eigenvalue weighted by atomic mass is 19.4. The molecule has 7 atom stereocenters. The van der Waals surface area contributed by atoms with Gasteiger partial charge in [-0.15, -0.1) is 0 Å². The molecule has 0 heterocycles. The average Bonchev–Trinajstić information content (AvgIpc) is 3.08. The van der Waals surface area contributed by atoms with Crippen molar-refractivity contribution in [3.8, 4) is 0 Å². The van der Waals surface area contributed by atoms with Crippen LogP contribution < -0.4 is 0 Å². The standard InChI is InChI=1S/C29H34F6O2/c1-25-11-8-20(36)15-18(25)5-6-21-22(25)9-12-26(2)23(21)10-14-27(26,37)13-7-17-3-4-19(28(30,31)32)16-24(17)29(33,34)35/h3-4,7,13,16,18,21-23,37H,5-6,8-12,14-15H2,1-2H3/b13-7+/t18?,21?,22?,23?,25-,26-,27-/m0/s1. The van der Waals surface area contributed by atoms with Crippen LogP contribution in [0.25, 0.3) is 6.08 Å². The number of aliphatic hydroxyl groups is 1. The second-order valence-corrected chi connectivity index (χ2v) is 12.4. The number of rotatable bonds is 2. The Morgan fingerprint density at radius 2 is 1.62 bits per heavy atom. The maximum atomic E-state index is 13.7. The molecule has 0 bridgehead atoms. The maximum Gasteiger partial charge on any atom is 0.417 e. The zero-order chi connectivity index (χ0) is 27.0. The molecule has 5 rings (SSSR count). The van der Waals surface area contributed by atoms with Gasteiger partial charge in [0.1, 0.15) is 5.78 Å². The SMILES string of the molecule is C[C@]12CCC(=O)CC1CCC1C2CC[C@@]2(C)C1CC[C@@]2(O)/C=C/c1ccc(C(F)(F)F)cc1C(F)(F)F. The van der Waals surface area contributed by atoms with E-state index in [1.807, 2.05) is 6.92 Å². The number of carbonyl (C=O) groups excluding carboxylic acids is 1. The summed E-state index contributed by atoms with van der Waals surface area (Å²) in [6, 6.07) is 1.63. The third-order valence-corrected chi connectivity index (χ3v) is 10.9. The lowest BCUT2D eigenvalue weighted by atomic mass is 9.44. The molecule has 0 spiro atoms. The molecule has 4 aliphatic rings. The van der Waals surface area contributed by atoms with Crippen molar-refractivity contribution in [1.82, 2.24) is 0 Å². The van der Waals surface area contributed by atoms with Gasteiger partial charge in [0.2, 0.25) is 0 Å². The molecule has 2 nitrogen and oxygen atoms in total. The van der Waals surface area contributed by atoms with Gasteiger partial charge in [0.15, 0.2) is 0 Å². The van der Waals surface area contributed by atoms with Crippen LogP contribution in [0, 0.1) is 34.5 Å². The Labute approximate surface area is 213 Å².